The fourth-order valence-electron chi connectivity index (χ4n) is 1.62. The maximum absolute atomic E-state index is 12.0. The van der Waals surface area contributed by atoms with Crippen LogP contribution in [-0.4, -0.2) is 27.7 Å². The lowest BCUT2D eigenvalue weighted by molar-refractivity contribution is -0.384. The lowest BCUT2D eigenvalue weighted by Gasteiger charge is -2.09. The van der Waals surface area contributed by atoms with Crippen LogP contribution in [0, 0.1) is 10.1 Å². The summed E-state index contributed by atoms with van der Waals surface area (Å²) in [6, 6.07) is 5.54. The summed E-state index contributed by atoms with van der Waals surface area (Å²) in [6.45, 7) is -1.25. The summed E-state index contributed by atoms with van der Waals surface area (Å²) in [4.78, 5) is 17.9. The van der Waals surface area contributed by atoms with E-state index >= 15 is 0 Å². The topological polar surface area (TPSA) is 90.2 Å². The maximum Gasteiger partial charge on any atom is 0.422 e. The maximum atomic E-state index is 12.0. The van der Waals surface area contributed by atoms with E-state index in [1.165, 1.54) is 36.7 Å². The molecule has 0 aliphatic heterocycles. The monoisotopic (exact) mass is 328 g/mol. The van der Waals surface area contributed by atoms with Gasteiger partial charge in [-0.25, -0.2) is 9.97 Å². The minimum Gasteiger partial charge on any atom is -0.468 e. The zero-order valence-electron chi connectivity index (χ0n) is 11.6. The highest BCUT2D eigenvalue weighted by Gasteiger charge is 2.28. The van der Waals surface area contributed by atoms with Crippen LogP contribution in [0.15, 0.2) is 36.7 Å². The van der Waals surface area contributed by atoms with Crippen LogP contribution in [-0.2, 0) is 6.54 Å². The second kappa shape index (κ2) is 6.90. The highest BCUT2D eigenvalue weighted by molar-refractivity contribution is 5.55. The van der Waals surface area contributed by atoms with Crippen molar-refractivity contribution in [3.05, 3.63) is 52.3 Å². The highest BCUT2D eigenvalue weighted by atomic mass is 19.4. The Labute approximate surface area is 128 Å². The summed E-state index contributed by atoms with van der Waals surface area (Å²) in [7, 11) is 0. The van der Waals surface area contributed by atoms with Crippen molar-refractivity contribution < 1.29 is 22.8 Å². The van der Waals surface area contributed by atoms with Crippen LogP contribution in [0.25, 0.3) is 0 Å². The first-order valence-corrected chi connectivity index (χ1v) is 6.33. The summed E-state index contributed by atoms with van der Waals surface area (Å²) in [5, 5.41) is 13.6. The zero-order valence-corrected chi connectivity index (χ0v) is 11.6. The number of hydrogen-bond donors (Lipinski definition) is 1. The summed E-state index contributed by atoms with van der Waals surface area (Å²) in [5.41, 5.74) is 0.426. The highest BCUT2D eigenvalue weighted by Crippen LogP contribution is 2.21. The molecule has 23 heavy (non-hydrogen) atoms. The minimum atomic E-state index is -4.43. The fraction of sp³-hybridized carbons (Fsp3) is 0.231. The Morgan fingerprint density at radius 3 is 2.65 bits per heavy atom. The molecule has 0 amide bonds. The van der Waals surface area contributed by atoms with Crippen molar-refractivity contribution in [1.29, 1.82) is 0 Å². The molecule has 0 unspecified atom stereocenters. The van der Waals surface area contributed by atoms with Gasteiger partial charge in [-0.05, 0) is 11.6 Å². The minimum absolute atomic E-state index is 0.0925. The molecule has 2 rings (SSSR count). The SMILES string of the molecule is O=[N+]([O-])c1cccnc1NCc1ccc(OCC(F)(F)F)nc1. The first kappa shape index (κ1) is 16.5. The van der Waals surface area contributed by atoms with E-state index in [0.29, 0.717) is 5.56 Å². The molecule has 2 aromatic heterocycles. The van der Waals surface area contributed by atoms with Crippen LogP contribution in [0.5, 0.6) is 5.88 Å². The van der Waals surface area contributed by atoms with Gasteiger partial charge in [-0.15, -0.1) is 0 Å². The van der Waals surface area contributed by atoms with E-state index in [1.807, 2.05) is 0 Å². The van der Waals surface area contributed by atoms with E-state index in [-0.39, 0.29) is 23.9 Å². The molecule has 0 aromatic carbocycles. The molecule has 7 nitrogen and oxygen atoms in total. The predicted molar refractivity (Wildman–Crippen MR) is 74.0 cm³/mol. The van der Waals surface area contributed by atoms with Gasteiger partial charge in [0.05, 0.1) is 4.92 Å². The van der Waals surface area contributed by atoms with Crippen molar-refractivity contribution in [3.8, 4) is 5.88 Å². The number of aromatic nitrogens is 2. The Balaban J connectivity index is 1.96. The van der Waals surface area contributed by atoms with Crippen LogP contribution in [0.1, 0.15) is 5.56 Å². The van der Waals surface area contributed by atoms with Gasteiger partial charge in [-0.3, -0.25) is 10.1 Å². The standard InChI is InChI=1S/C13H11F3N4O3/c14-13(15,16)8-23-11-4-3-9(6-18-11)7-19-12-10(20(21)22)2-1-5-17-12/h1-6H,7-8H2,(H,17,19). The number of ether oxygens (including phenoxy) is 1. The van der Waals surface area contributed by atoms with Gasteiger partial charge in [0.25, 0.3) is 0 Å². The Morgan fingerprint density at radius 2 is 2.04 bits per heavy atom. The normalized spacial score (nSPS) is 11.1. The van der Waals surface area contributed by atoms with E-state index < -0.39 is 17.7 Å². The molecule has 0 saturated heterocycles. The first-order valence-electron chi connectivity index (χ1n) is 6.33. The van der Waals surface area contributed by atoms with E-state index in [2.05, 4.69) is 20.0 Å². The van der Waals surface area contributed by atoms with Crippen molar-refractivity contribution in [2.24, 2.45) is 0 Å². The molecule has 0 aliphatic rings. The molecule has 0 spiro atoms. The number of hydrogen-bond acceptors (Lipinski definition) is 6. The van der Waals surface area contributed by atoms with Gasteiger partial charge in [0.2, 0.25) is 11.7 Å². The van der Waals surface area contributed by atoms with Crippen molar-refractivity contribution in [2.45, 2.75) is 12.7 Å². The number of anilines is 1. The molecule has 0 radical (unpaired) electrons. The van der Waals surface area contributed by atoms with Gasteiger partial charge in [0.1, 0.15) is 0 Å². The molecule has 0 atom stereocenters. The first-order chi connectivity index (χ1) is 10.8. The van der Waals surface area contributed by atoms with E-state index in [1.54, 1.807) is 0 Å². The van der Waals surface area contributed by atoms with Gasteiger partial charge < -0.3 is 10.1 Å². The molecule has 2 heterocycles. The molecule has 0 fully saturated rings. The molecule has 0 aliphatic carbocycles. The second-order valence-electron chi connectivity index (χ2n) is 4.39. The molecule has 2 aromatic rings. The number of pyridine rings is 2. The molecular formula is C13H11F3N4O3. The van der Waals surface area contributed by atoms with Crippen LogP contribution in [0.2, 0.25) is 0 Å². The van der Waals surface area contributed by atoms with Crippen LogP contribution < -0.4 is 10.1 Å². The van der Waals surface area contributed by atoms with Crippen LogP contribution in [0.3, 0.4) is 0 Å². The summed E-state index contributed by atoms with van der Waals surface area (Å²) in [5.74, 6) is -0.0650. The molecule has 1 N–H and O–H groups in total. The van der Waals surface area contributed by atoms with Crippen molar-refractivity contribution in [3.63, 3.8) is 0 Å². The number of nitro groups is 1. The third-order valence-corrected chi connectivity index (χ3v) is 2.62. The van der Waals surface area contributed by atoms with Crippen LogP contribution >= 0.6 is 0 Å². The quantitative estimate of drug-likeness (QED) is 0.648. The predicted octanol–water partition coefficient (Wildman–Crippen LogP) is 2.94. The molecule has 122 valence electrons. The summed E-state index contributed by atoms with van der Waals surface area (Å²) < 4.78 is 40.5. The number of nitrogens with one attached hydrogen (secondary N) is 1. The summed E-state index contributed by atoms with van der Waals surface area (Å²) in [6.07, 6.45) is -1.71. The second-order valence-corrected chi connectivity index (χ2v) is 4.39. The average Bonchev–Trinajstić information content (AvgIpc) is 2.51. The number of alkyl halides is 3. The zero-order chi connectivity index (χ0) is 16.9. The number of halogens is 3. The van der Waals surface area contributed by atoms with Gasteiger partial charge in [0, 0.05) is 31.1 Å². The van der Waals surface area contributed by atoms with Gasteiger partial charge in [-0.1, -0.05) is 6.07 Å². The third-order valence-electron chi connectivity index (χ3n) is 2.62. The smallest absolute Gasteiger partial charge is 0.422 e. The Morgan fingerprint density at radius 1 is 1.26 bits per heavy atom. The van der Waals surface area contributed by atoms with Crippen molar-refractivity contribution in [2.75, 3.05) is 11.9 Å². The van der Waals surface area contributed by atoms with E-state index in [4.69, 9.17) is 0 Å². The lowest BCUT2D eigenvalue weighted by Crippen LogP contribution is -2.19. The molecular weight excluding hydrogens is 317 g/mol. The fourth-order valence-corrected chi connectivity index (χ4v) is 1.62. The van der Waals surface area contributed by atoms with Gasteiger partial charge in [0.15, 0.2) is 6.61 Å². The average molecular weight is 328 g/mol. The largest absolute Gasteiger partial charge is 0.468 e. The van der Waals surface area contributed by atoms with Crippen molar-refractivity contribution in [1.82, 2.24) is 9.97 Å². The van der Waals surface area contributed by atoms with Crippen LogP contribution in [0.4, 0.5) is 24.7 Å². The summed E-state index contributed by atoms with van der Waals surface area (Å²) >= 11 is 0. The molecule has 10 heteroatoms. The van der Waals surface area contributed by atoms with E-state index in [9.17, 15) is 23.3 Å². The lowest BCUT2D eigenvalue weighted by atomic mass is 10.3. The van der Waals surface area contributed by atoms with Gasteiger partial charge in [-0.2, -0.15) is 13.2 Å². The Hall–Kier alpha value is -2.91. The third kappa shape index (κ3) is 5.09. The van der Waals surface area contributed by atoms with Crippen molar-refractivity contribution >= 4 is 11.5 Å². The van der Waals surface area contributed by atoms with Gasteiger partial charge >= 0.3 is 11.9 Å². The molecule has 0 saturated carbocycles. The molecule has 0 bridgehead atoms. The Kier molecular flexibility index (Phi) is 4.94. The number of nitrogens with zero attached hydrogens (tertiary/aromatic N) is 3. The Bertz CT molecular complexity index is 677. The number of rotatable bonds is 6. The van der Waals surface area contributed by atoms with E-state index in [0.717, 1.165) is 0 Å².